The minimum Gasteiger partial charge on any atom is -0.497 e. The smallest absolute Gasteiger partial charge is 0.270 e. The highest BCUT2D eigenvalue weighted by Crippen LogP contribution is 2.38. The van der Waals surface area contributed by atoms with E-state index in [9.17, 15) is 4.79 Å². The first-order chi connectivity index (χ1) is 11.5. The molecule has 0 aliphatic carbocycles. The Morgan fingerprint density at radius 3 is 2.46 bits per heavy atom. The van der Waals surface area contributed by atoms with Crippen molar-refractivity contribution in [3.63, 3.8) is 0 Å². The second-order valence-corrected chi connectivity index (χ2v) is 7.38. The molecule has 3 nitrogen and oxygen atoms in total. The molecule has 7 heteroatoms. The third kappa shape index (κ3) is 3.44. The van der Waals surface area contributed by atoms with Gasteiger partial charge in [0.2, 0.25) is 0 Å². The fraction of sp³-hybridized carbons (Fsp3) is 0.0588. The van der Waals surface area contributed by atoms with Crippen LogP contribution in [0.25, 0.3) is 6.08 Å². The number of thioether (sulfide) groups is 1. The molecule has 3 rings (SSSR count). The number of hydrogen-bond donors (Lipinski definition) is 0. The zero-order valence-electron chi connectivity index (χ0n) is 12.5. The summed E-state index contributed by atoms with van der Waals surface area (Å²) in [5, 5.41) is 0.807. The predicted octanol–water partition coefficient (Wildman–Crippen LogP) is 5.41. The zero-order valence-corrected chi connectivity index (χ0v) is 15.6. The highest BCUT2D eigenvalue weighted by Gasteiger charge is 2.33. The van der Waals surface area contributed by atoms with Gasteiger partial charge in [0.1, 0.15) is 5.75 Å². The van der Waals surface area contributed by atoms with Gasteiger partial charge in [0.15, 0.2) is 4.32 Å². The molecule has 1 aliphatic rings. The minimum atomic E-state index is -0.181. The maximum Gasteiger partial charge on any atom is 0.270 e. The Bertz CT molecular complexity index is 850. The van der Waals surface area contributed by atoms with Crippen molar-refractivity contribution in [1.82, 2.24) is 0 Å². The van der Waals surface area contributed by atoms with Crippen molar-refractivity contribution in [2.24, 2.45) is 0 Å². The van der Waals surface area contributed by atoms with E-state index < -0.39 is 0 Å². The number of carbonyl (C=O) groups is 1. The fourth-order valence-corrected chi connectivity index (χ4v) is 3.76. The number of methoxy groups -OCH3 is 1. The van der Waals surface area contributed by atoms with E-state index in [0.717, 1.165) is 11.3 Å². The SMILES string of the molecule is COc1ccc(C=C2SC(=S)N(c3ccc(Cl)c(Cl)c3)C2=O)cc1. The van der Waals surface area contributed by atoms with Crippen molar-refractivity contribution in [3.05, 3.63) is 63.0 Å². The van der Waals surface area contributed by atoms with Gasteiger partial charge < -0.3 is 4.74 Å². The summed E-state index contributed by atoms with van der Waals surface area (Å²) in [6.07, 6.45) is 1.80. The van der Waals surface area contributed by atoms with Crippen LogP contribution >= 0.6 is 47.2 Å². The molecule has 0 atom stereocenters. The summed E-state index contributed by atoms with van der Waals surface area (Å²) in [6.45, 7) is 0. The normalized spacial score (nSPS) is 16.1. The summed E-state index contributed by atoms with van der Waals surface area (Å²) in [4.78, 5) is 14.7. The molecule has 0 saturated carbocycles. The van der Waals surface area contributed by atoms with Gasteiger partial charge in [0, 0.05) is 0 Å². The van der Waals surface area contributed by atoms with Crippen LogP contribution in [0.3, 0.4) is 0 Å². The van der Waals surface area contributed by atoms with E-state index in [1.54, 1.807) is 31.4 Å². The molecular formula is C17H11Cl2NO2S2. The van der Waals surface area contributed by atoms with Crippen LogP contribution in [0, 0.1) is 0 Å². The lowest BCUT2D eigenvalue weighted by molar-refractivity contribution is -0.113. The first-order valence-electron chi connectivity index (χ1n) is 6.86. The highest BCUT2D eigenvalue weighted by molar-refractivity contribution is 8.27. The van der Waals surface area contributed by atoms with Crippen LogP contribution in [0.1, 0.15) is 5.56 Å². The Morgan fingerprint density at radius 1 is 1.12 bits per heavy atom. The number of nitrogens with zero attached hydrogens (tertiary/aromatic N) is 1. The van der Waals surface area contributed by atoms with Crippen LogP contribution in [0.15, 0.2) is 47.4 Å². The van der Waals surface area contributed by atoms with E-state index in [2.05, 4.69) is 0 Å². The summed E-state index contributed by atoms with van der Waals surface area (Å²) < 4.78 is 5.58. The number of anilines is 1. The van der Waals surface area contributed by atoms with Crippen molar-refractivity contribution in [2.75, 3.05) is 12.0 Å². The first kappa shape index (κ1) is 17.3. The monoisotopic (exact) mass is 395 g/mol. The second kappa shape index (κ2) is 7.15. The molecule has 0 aromatic heterocycles. The van der Waals surface area contributed by atoms with Gasteiger partial charge in [-0.15, -0.1) is 0 Å². The van der Waals surface area contributed by atoms with Gasteiger partial charge in [-0.2, -0.15) is 0 Å². The molecule has 1 heterocycles. The van der Waals surface area contributed by atoms with E-state index in [1.807, 2.05) is 24.3 Å². The van der Waals surface area contributed by atoms with Gasteiger partial charge in [-0.05, 0) is 42.0 Å². The molecule has 1 amide bonds. The van der Waals surface area contributed by atoms with Gasteiger partial charge in [-0.3, -0.25) is 9.69 Å². The maximum atomic E-state index is 12.7. The molecule has 2 aromatic carbocycles. The highest BCUT2D eigenvalue weighted by atomic mass is 35.5. The molecule has 1 fully saturated rings. The third-order valence-electron chi connectivity index (χ3n) is 3.37. The quantitative estimate of drug-likeness (QED) is 0.513. The molecule has 1 saturated heterocycles. The van der Waals surface area contributed by atoms with Crippen molar-refractivity contribution >= 4 is 69.2 Å². The number of amides is 1. The predicted molar refractivity (Wildman–Crippen MR) is 105 cm³/mol. The Morgan fingerprint density at radius 2 is 1.83 bits per heavy atom. The molecule has 0 radical (unpaired) electrons. The molecule has 122 valence electrons. The molecule has 0 unspecified atom stereocenters. The molecule has 0 bridgehead atoms. The molecule has 2 aromatic rings. The largest absolute Gasteiger partial charge is 0.497 e. The van der Waals surface area contributed by atoms with E-state index in [0.29, 0.717) is 25.0 Å². The number of benzene rings is 2. The van der Waals surface area contributed by atoms with Crippen LogP contribution in [-0.2, 0) is 4.79 Å². The topological polar surface area (TPSA) is 29.5 Å². The summed E-state index contributed by atoms with van der Waals surface area (Å²) in [7, 11) is 1.61. The van der Waals surface area contributed by atoms with Crippen LogP contribution in [0.2, 0.25) is 10.0 Å². The van der Waals surface area contributed by atoms with Gasteiger partial charge >= 0.3 is 0 Å². The van der Waals surface area contributed by atoms with Gasteiger partial charge in [0.05, 0.1) is 27.7 Å². The van der Waals surface area contributed by atoms with Crippen molar-refractivity contribution < 1.29 is 9.53 Å². The number of carbonyl (C=O) groups excluding carboxylic acids is 1. The summed E-state index contributed by atoms with van der Waals surface area (Å²) in [5.74, 6) is 0.578. The van der Waals surface area contributed by atoms with Crippen LogP contribution in [0.5, 0.6) is 5.75 Å². The van der Waals surface area contributed by atoms with Crippen LogP contribution < -0.4 is 9.64 Å². The molecular weight excluding hydrogens is 385 g/mol. The van der Waals surface area contributed by atoms with E-state index in [-0.39, 0.29) is 5.91 Å². The first-order valence-corrected chi connectivity index (χ1v) is 8.85. The Labute approximate surface area is 159 Å². The average Bonchev–Trinajstić information content (AvgIpc) is 2.85. The third-order valence-corrected chi connectivity index (χ3v) is 5.41. The number of ether oxygens (including phenoxy) is 1. The summed E-state index contributed by atoms with van der Waals surface area (Å²) in [6, 6.07) is 12.4. The molecule has 0 spiro atoms. The van der Waals surface area contributed by atoms with Crippen LogP contribution in [0.4, 0.5) is 5.69 Å². The number of halogens is 2. The number of rotatable bonds is 3. The van der Waals surface area contributed by atoms with Crippen molar-refractivity contribution in [2.45, 2.75) is 0 Å². The van der Waals surface area contributed by atoms with Crippen LogP contribution in [-0.4, -0.2) is 17.3 Å². The van der Waals surface area contributed by atoms with Gasteiger partial charge in [-0.25, -0.2) is 0 Å². The van der Waals surface area contributed by atoms with E-state index >= 15 is 0 Å². The zero-order chi connectivity index (χ0) is 17.3. The maximum absolute atomic E-state index is 12.7. The molecule has 1 aliphatic heterocycles. The second-order valence-electron chi connectivity index (χ2n) is 4.89. The summed E-state index contributed by atoms with van der Waals surface area (Å²) in [5.41, 5.74) is 1.50. The lowest BCUT2D eigenvalue weighted by atomic mass is 10.2. The Balaban J connectivity index is 1.90. The van der Waals surface area contributed by atoms with Gasteiger partial charge in [-0.1, -0.05) is 59.3 Å². The summed E-state index contributed by atoms with van der Waals surface area (Å²) >= 11 is 18.6. The van der Waals surface area contributed by atoms with Gasteiger partial charge in [0.25, 0.3) is 5.91 Å². The lowest BCUT2D eigenvalue weighted by Crippen LogP contribution is -2.27. The average molecular weight is 396 g/mol. The standard InChI is InChI=1S/C17H11Cl2NO2S2/c1-22-12-5-2-10(3-6-12)8-15-16(21)20(17(23)24-15)11-4-7-13(18)14(19)9-11/h2-9H,1H3. The van der Waals surface area contributed by atoms with Crippen molar-refractivity contribution in [3.8, 4) is 5.75 Å². The minimum absolute atomic E-state index is 0.181. The van der Waals surface area contributed by atoms with E-state index in [4.69, 9.17) is 40.2 Å². The number of hydrogen-bond acceptors (Lipinski definition) is 4. The number of thiocarbonyl (C=S) groups is 1. The molecule has 0 N–H and O–H groups in total. The van der Waals surface area contributed by atoms with Crippen molar-refractivity contribution in [1.29, 1.82) is 0 Å². The van der Waals surface area contributed by atoms with E-state index in [1.165, 1.54) is 16.7 Å². The fourth-order valence-electron chi connectivity index (χ4n) is 2.17. The molecule has 24 heavy (non-hydrogen) atoms. The lowest BCUT2D eigenvalue weighted by Gasteiger charge is -2.15. The Hall–Kier alpha value is -1.53. The Kier molecular flexibility index (Phi) is 5.15.